The molecular weight excluding hydrogens is 179 g/mol. The number of hydrogen-bond acceptors (Lipinski definition) is 3. The Kier molecular flexibility index (Phi) is 2.54. The summed E-state index contributed by atoms with van der Waals surface area (Å²) < 4.78 is 18.2. The third-order valence-electron chi connectivity index (χ3n) is 2.18. The van der Waals surface area contributed by atoms with Gasteiger partial charge in [-0.3, -0.25) is 4.79 Å². The summed E-state index contributed by atoms with van der Waals surface area (Å²) in [7, 11) is 0. The molecule has 1 rings (SSSR count). The van der Waals surface area contributed by atoms with Crippen LogP contribution in [0.4, 0.5) is 4.39 Å². The molecule has 1 fully saturated rings. The Morgan fingerprint density at radius 3 is 2.69 bits per heavy atom. The lowest BCUT2D eigenvalue weighted by molar-refractivity contribution is -0.167. The number of esters is 1. The molecule has 2 unspecified atom stereocenters. The lowest BCUT2D eigenvalue weighted by Gasteiger charge is -2.21. The van der Waals surface area contributed by atoms with Crippen molar-refractivity contribution in [3.8, 4) is 0 Å². The molecule has 0 aliphatic heterocycles. The molecule has 0 aromatic carbocycles. The van der Waals surface area contributed by atoms with E-state index in [2.05, 4.69) is 4.74 Å². The summed E-state index contributed by atoms with van der Waals surface area (Å²) in [6, 6.07) is 0. The number of carboxylic acid groups (broad SMARTS) is 1. The van der Waals surface area contributed by atoms with Crippen molar-refractivity contribution in [2.45, 2.75) is 38.0 Å². The monoisotopic (exact) mass is 190 g/mol. The second-order valence-corrected chi connectivity index (χ2v) is 3.16. The Labute approximate surface area is 74.7 Å². The SMILES string of the molecule is CC(=O)OC1CCCC1(F)C(=O)O. The van der Waals surface area contributed by atoms with Crippen molar-refractivity contribution in [1.29, 1.82) is 0 Å². The second-order valence-electron chi connectivity index (χ2n) is 3.16. The van der Waals surface area contributed by atoms with E-state index in [1.165, 1.54) is 0 Å². The number of carbonyl (C=O) groups is 2. The summed E-state index contributed by atoms with van der Waals surface area (Å²) in [6.07, 6.45) is -0.494. The normalized spacial score (nSPS) is 32.9. The van der Waals surface area contributed by atoms with Crippen LogP contribution in [-0.2, 0) is 14.3 Å². The summed E-state index contributed by atoms with van der Waals surface area (Å²) in [5.74, 6) is -2.19. The Balaban J connectivity index is 2.73. The van der Waals surface area contributed by atoms with Gasteiger partial charge in [-0.1, -0.05) is 0 Å². The topological polar surface area (TPSA) is 63.6 Å². The molecule has 74 valence electrons. The van der Waals surface area contributed by atoms with Crippen LogP contribution in [0.1, 0.15) is 26.2 Å². The highest BCUT2D eigenvalue weighted by Crippen LogP contribution is 2.36. The molecule has 1 saturated carbocycles. The van der Waals surface area contributed by atoms with Gasteiger partial charge in [-0.2, -0.15) is 0 Å². The van der Waals surface area contributed by atoms with Crippen LogP contribution in [0.5, 0.6) is 0 Å². The van der Waals surface area contributed by atoms with E-state index in [9.17, 15) is 14.0 Å². The zero-order valence-corrected chi connectivity index (χ0v) is 7.25. The van der Waals surface area contributed by atoms with Gasteiger partial charge in [-0.05, 0) is 19.3 Å². The first-order valence-electron chi connectivity index (χ1n) is 4.06. The fourth-order valence-corrected chi connectivity index (χ4v) is 1.53. The Morgan fingerprint density at radius 1 is 1.62 bits per heavy atom. The van der Waals surface area contributed by atoms with Gasteiger partial charge in [-0.15, -0.1) is 0 Å². The molecule has 0 amide bonds. The lowest BCUT2D eigenvalue weighted by atomic mass is 10.0. The molecular formula is C8H11FO4. The van der Waals surface area contributed by atoms with Crippen LogP contribution in [0.2, 0.25) is 0 Å². The number of halogens is 1. The zero-order valence-electron chi connectivity index (χ0n) is 7.25. The second kappa shape index (κ2) is 3.32. The van der Waals surface area contributed by atoms with E-state index in [1.807, 2.05) is 0 Å². The molecule has 1 aliphatic rings. The number of hydrogen-bond donors (Lipinski definition) is 1. The van der Waals surface area contributed by atoms with Crippen LogP contribution in [0, 0.1) is 0 Å². The van der Waals surface area contributed by atoms with E-state index in [4.69, 9.17) is 5.11 Å². The summed E-state index contributed by atoms with van der Waals surface area (Å²) in [5.41, 5.74) is -2.38. The van der Waals surface area contributed by atoms with Crippen molar-refractivity contribution < 1.29 is 23.8 Å². The minimum atomic E-state index is -2.38. The van der Waals surface area contributed by atoms with E-state index in [-0.39, 0.29) is 12.8 Å². The van der Waals surface area contributed by atoms with Crippen LogP contribution in [0.3, 0.4) is 0 Å². The van der Waals surface area contributed by atoms with Crippen molar-refractivity contribution in [3.63, 3.8) is 0 Å². The van der Waals surface area contributed by atoms with E-state index < -0.39 is 23.7 Å². The number of carbonyl (C=O) groups excluding carboxylic acids is 1. The van der Waals surface area contributed by atoms with E-state index in [0.717, 1.165) is 6.92 Å². The van der Waals surface area contributed by atoms with Crippen molar-refractivity contribution in [2.75, 3.05) is 0 Å². The first-order valence-corrected chi connectivity index (χ1v) is 4.06. The average Bonchev–Trinajstić information content (AvgIpc) is 2.33. The molecule has 0 aromatic rings. The Hall–Kier alpha value is -1.13. The van der Waals surface area contributed by atoms with Crippen LogP contribution in [-0.4, -0.2) is 28.8 Å². The van der Waals surface area contributed by atoms with E-state index in [0.29, 0.717) is 6.42 Å². The van der Waals surface area contributed by atoms with Crippen molar-refractivity contribution >= 4 is 11.9 Å². The van der Waals surface area contributed by atoms with Gasteiger partial charge in [0.05, 0.1) is 0 Å². The summed E-state index contributed by atoms with van der Waals surface area (Å²) >= 11 is 0. The molecule has 5 heteroatoms. The van der Waals surface area contributed by atoms with Crippen LogP contribution < -0.4 is 0 Å². The first-order chi connectivity index (χ1) is 5.97. The van der Waals surface area contributed by atoms with Gasteiger partial charge in [0.2, 0.25) is 5.67 Å². The summed E-state index contributed by atoms with van der Waals surface area (Å²) in [6.45, 7) is 1.14. The van der Waals surface area contributed by atoms with E-state index >= 15 is 0 Å². The standard InChI is InChI=1S/C8H11FO4/c1-5(10)13-6-3-2-4-8(6,9)7(11)12/h6H,2-4H2,1H3,(H,11,12). The summed E-state index contributed by atoms with van der Waals surface area (Å²) in [5, 5.41) is 8.59. The van der Waals surface area contributed by atoms with Gasteiger partial charge < -0.3 is 9.84 Å². The van der Waals surface area contributed by atoms with Gasteiger partial charge in [0.15, 0.2) is 0 Å². The van der Waals surface area contributed by atoms with E-state index in [1.54, 1.807) is 0 Å². The third-order valence-corrected chi connectivity index (χ3v) is 2.18. The molecule has 4 nitrogen and oxygen atoms in total. The third kappa shape index (κ3) is 1.79. The smallest absolute Gasteiger partial charge is 0.345 e. The van der Waals surface area contributed by atoms with Gasteiger partial charge in [-0.25, -0.2) is 9.18 Å². The first kappa shape index (κ1) is 9.95. The predicted molar refractivity (Wildman–Crippen MR) is 40.9 cm³/mol. The molecule has 0 spiro atoms. The minimum Gasteiger partial charge on any atom is -0.479 e. The molecule has 2 atom stereocenters. The largest absolute Gasteiger partial charge is 0.479 e. The molecule has 13 heavy (non-hydrogen) atoms. The quantitative estimate of drug-likeness (QED) is 0.657. The molecule has 1 N–H and O–H groups in total. The fraction of sp³-hybridized carbons (Fsp3) is 0.750. The molecule has 0 aromatic heterocycles. The molecule has 0 saturated heterocycles. The number of carboxylic acids is 1. The average molecular weight is 190 g/mol. The lowest BCUT2D eigenvalue weighted by Crippen LogP contribution is -2.43. The van der Waals surface area contributed by atoms with Gasteiger partial charge >= 0.3 is 11.9 Å². The predicted octanol–water partition coefficient (Wildman–Crippen LogP) is 0.895. The molecule has 0 radical (unpaired) electrons. The fourth-order valence-electron chi connectivity index (χ4n) is 1.53. The highest BCUT2D eigenvalue weighted by molar-refractivity contribution is 5.79. The highest BCUT2D eigenvalue weighted by atomic mass is 19.1. The van der Waals surface area contributed by atoms with Crippen LogP contribution in [0.25, 0.3) is 0 Å². The number of ether oxygens (including phenoxy) is 1. The van der Waals surface area contributed by atoms with Gasteiger partial charge in [0.25, 0.3) is 0 Å². The van der Waals surface area contributed by atoms with Crippen LogP contribution in [0.15, 0.2) is 0 Å². The molecule has 0 bridgehead atoms. The van der Waals surface area contributed by atoms with Crippen LogP contribution >= 0.6 is 0 Å². The Morgan fingerprint density at radius 2 is 2.23 bits per heavy atom. The number of rotatable bonds is 2. The van der Waals surface area contributed by atoms with Crippen molar-refractivity contribution in [3.05, 3.63) is 0 Å². The zero-order chi connectivity index (χ0) is 10.1. The maximum atomic E-state index is 13.6. The Bertz CT molecular complexity index is 240. The summed E-state index contributed by atoms with van der Waals surface area (Å²) in [4.78, 5) is 21.1. The number of aliphatic carboxylic acids is 1. The van der Waals surface area contributed by atoms with Gasteiger partial charge in [0, 0.05) is 6.92 Å². The minimum absolute atomic E-state index is 0.0831. The van der Waals surface area contributed by atoms with Crippen molar-refractivity contribution in [2.24, 2.45) is 0 Å². The maximum Gasteiger partial charge on any atom is 0.345 e. The molecule has 1 aliphatic carbocycles. The van der Waals surface area contributed by atoms with Crippen molar-refractivity contribution in [1.82, 2.24) is 0 Å². The molecule has 0 heterocycles. The van der Waals surface area contributed by atoms with Gasteiger partial charge in [0.1, 0.15) is 6.10 Å². The number of alkyl halides is 1. The highest BCUT2D eigenvalue weighted by Gasteiger charge is 2.52. The maximum absolute atomic E-state index is 13.6.